The largest absolute Gasteiger partial charge is 0.396 e. The third kappa shape index (κ3) is 2.26. The minimum Gasteiger partial charge on any atom is -0.396 e. The molecule has 0 saturated carbocycles. The van der Waals surface area contributed by atoms with E-state index in [9.17, 15) is 0 Å². The smallest absolute Gasteiger partial charge is 0.139 e. The number of aromatic nitrogens is 2. The van der Waals surface area contributed by atoms with E-state index >= 15 is 0 Å². The van der Waals surface area contributed by atoms with Gasteiger partial charge in [0.15, 0.2) is 0 Å². The van der Waals surface area contributed by atoms with Crippen molar-refractivity contribution in [3.05, 3.63) is 41.2 Å². The number of hydrogen-bond donors (Lipinski definition) is 1. The van der Waals surface area contributed by atoms with E-state index in [4.69, 9.17) is 16.7 Å². The van der Waals surface area contributed by atoms with Gasteiger partial charge in [-0.25, -0.2) is 4.98 Å². The van der Waals surface area contributed by atoms with E-state index in [2.05, 4.69) is 4.98 Å². The summed E-state index contributed by atoms with van der Waals surface area (Å²) < 4.78 is 1.95. The van der Waals surface area contributed by atoms with Crippen LogP contribution >= 0.6 is 11.6 Å². The number of nitrogens with zero attached hydrogens (tertiary/aromatic N) is 2. The highest BCUT2D eigenvalue weighted by Crippen LogP contribution is 2.20. The third-order valence-electron chi connectivity index (χ3n) is 2.40. The first-order valence-electron chi connectivity index (χ1n) is 5.10. The van der Waals surface area contributed by atoms with Gasteiger partial charge < -0.3 is 9.67 Å². The van der Waals surface area contributed by atoms with Crippen LogP contribution in [0, 0.1) is 0 Å². The highest BCUT2D eigenvalue weighted by atomic mass is 35.5. The first-order chi connectivity index (χ1) is 7.70. The minimum atomic E-state index is 0.122. The average Bonchev–Trinajstić information content (AvgIpc) is 2.61. The number of imidazole rings is 1. The van der Waals surface area contributed by atoms with Gasteiger partial charge in [-0.05, 0) is 24.3 Å². The SMILES string of the molecule is Cn1cc(CCO)nc1-c1ccc(Cl)cc1. The molecule has 4 heteroatoms. The molecule has 0 fully saturated rings. The van der Waals surface area contributed by atoms with Crippen LogP contribution in [-0.4, -0.2) is 21.3 Å². The van der Waals surface area contributed by atoms with E-state index in [1.165, 1.54) is 0 Å². The molecule has 0 bridgehead atoms. The molecule has 1 aromatic heterocycles. The number of aliphatic hydroxyl groups is 1. The summed E-state index contributed by atoms with van der Waals surface area (Å²) in [7, 11) is 1.94. The Kier molecular flexibility index (Phi) is 3.27. The van der Waals surface area contributed by atoms with Gasteiger partial charge in [0.05, 0.1) is 5.69 Å². The van der Waals surface area contributed by atoms with E-state index in [0.717, 1.165) is 17.1 Å². The quantitative estimate of drug-likeness (QED) is 0.888. The van der Waals surface area contributed by atoms with Gasteiger partial charge in [0, 0.05) is 36.9 Å². The highest BCUT2D eigenvalue weighted by molar-refractivity contribution is 6.30. The lowest BCUT2D eigenvalue weighted by molar-refractivity contribution is 0.298. The van der Waals surface area contributed by atoms with Gasteiger partial charge in [0.2, 0.25) is 0 Å². The van der Waals surface area contributed by atoms with Crippen molar-refractivity contribution < 1.29 is 5.11 Å². The Bertz CT molecular complexity index is 476. The maximum absolute atomic E-state index is 8.86. The molecule has 1 heterocycles. The van der Waals surface area contributed by atoms with Gasteiger partial charge >= 0.3 is 0 Å². The van der Waals surface area contributed by atoms with Crippen LogP contribution in [0.4, 0.5) is 0 Å². The average molecular weight is 237 g/mol. The van der Waals surface area contributed by atoms with Crippen LogP contribution in [0.3, 0.4) is 0 Å². The Balaban J connectivity index is 2.36. The lowest BCUT2D eigenvalue weighted by Crippen LogP contribution is -1.90. The second-order valence-corrected chi connectivity index (χ2v) is 4.08. The molecule has 0 atom stereocenters. The van der Waals surface area contributed by atoms with Crippen LogP contribution < -0.4 is 0 Å². The van der Waals surface area contributed by atoms with Gasteiger partial charge in [-0.15, -0.1) is 0 Å². The summed E-state index contributed by atoms with van der Waals surface area (Å²) in [6, 6.07) is 7.56. The third-order valence-corrected chi connectivity index (χ3v) is 2.65. The van der Waals surface area contributed by atoms with Gasteiger partial charge in [-0.3, -0.25) is 0 Å². The molecule has 2 aromatic rings. The van der Waals surface area contributed by atoms with Crippen LogP contribution in [0.25, 0.3) is 11.4 Å². The second kappa shape index (κ2) is 4.68. The summed E-state index contributed by atoms with van der Waals surface area (Å²) in [5.41, 5.74) is 1.92. The Labute approximate surface area is 99.3 Å². The minimum absolute atomic E-state index is 0.122. The molecular weight excluding hydrogens is 224 g/mol. The van der Waals surface area contributed by atoms with E-state index in [1.54, 1.807) is 0 Å². The molecule has 3 nitrogen and oxygen atoms in total. The number of hydrogen-bond acceptors (Lipinski definition) is 2. The highest BCUT2D eigenvalue weighted by Gasteiger charge is 2.06. The molecule has 1 N–H and O–H groups in total. The maximum Gasteiger partial charge on any atom is 0.139 e. The Morgan fingerprint density at radius 2 is 2.00 bits per heavy atom. The fourth-order valence-electron chi connectivity index (χ4n) is 1.63. The topological polar surface area (TPSA) is 38.0 Å². The van der Waals surface area contributed by atoms with Crippen LogP contribution in [0.15, 0.2) is 30.5 Å². The molecule has 0 unspecified atom stereocenters. The molecular formula is C12H13ClN2O. The standard InChI is InChI=1S/C12H13ClN2O/c1-15-8-11(6-7-16)14-12(15)9-2-4-10(13)5-3-9/h2-5,8,16H,6-7H2,1H3. The molecule has 0 amide bonds. The van der Waals surface area contributed by atoms with Crippen molar-refractivity contribution in [3.8, 4) is 11.4 Å². The second-order valence-electron chi connectivity index (χ2n) is 3.65. The monoisotopic (exact) mass is 236 g/mol. The van der Waals surface area contributed by atoms with Gasteiger partial charge in [0.1, 0.15) is 5.82 Å². The van der Waals surface area contributed by atoms with Gasteiger partial charge in [-0.2, -0.15) is 0 Å². The van der Waals surface area contributed by atoms with Crippen molar-refractivity contribution in [2.24, 2.45) is 7.05 Å². The maximum atomic E-state index is 8.86. The summed E-state index contributed by atoms with van der Waals surface area (Å²) in [5.74, 6) is 0.889. The fourth-order valence-corrected chi connectivity index (χ4v) is 1.76. The summed E-state index contributed by atoms with van der Waals surface area (Å²) in [4.78, 5) is 4.46. The van der Waals surface area contributed by atoms with E-state index in [-0.39, 0.29) is 6.61 Å². The number of benzene rings is 1. The molecule has 0 aliphatic carbocycles. The molecule has 0 radical (unpaired) electrons. The van der Waals surface area contributed by atoms with Gasteiger partial charge in [-0.1, -0.05) is 11.6 Å². The molecule has 2 rings (SSSR count). The van der Waals surface area contributed by atoms with Crippen LogP contribution in [-0.2, 0) is 13.5 Å². The number of aliphatic hydroxyl groups excluding tert-OH is 1. The number of rotatable bonds is 3. The first kappa shape index (κ1) is 11.2. The normalized spacial score (nSPS) is 10.7. The van der Waals surface area contributed by atoms with Crippen LogP contribution in [0.1, 0.15) is 5.69 Å². The molecule has 0 saturated heterocycles. The van der Waals surface area contributed by atoms with Crippen molar-refractivity contribution in [2.75, 3.05) is 6.61 Å². The summed E-state index contributed by atoms with van der Waals surface area (Å²) in [6.07, 6.45) is 2.52. The zero-order valence-electron chi connectivity index (χ0n) is 9.02. The van der Waals surface area contributed by atoms with E-state index < -0.39 is 0 Å². The van der Waals surface area contributed by atoms with Crippen molar-refractivity contribution in [3.63, 3.8) is 0 Å². The van der Waals surface area contributed by atoms with E-state index in [1.807, 2.05) is 42.1 Å². The predicted molar refractivity (Wildman–Crippen MR) is 64.4 cm³/mol. The summed E-state index contributed by atoms with van der Waals surface area (Å²) in [6.45, 7) is 0.122. The van der Waals surface area contributed by atoms with Crippen molar-refractivity contribution >= 4 is 11.6 Å². The summed E-state index contributed by atoms with van der Waals surface area (Å²) in [5, 5.41) is 9.58. The lowest BCUT2D eigenvalue weighted by Gasteiger charge is -2.00. The van der Waals surface area contributed by atoms with Crippen molar-refractivity contribution in [1.29, 1.82) is 0 Å². The molecule has 0 aliphatic heterocycles. The van der Waals surface area contributed by atoms with Crippen molar-refractivity contribution in [2.45, 2.75) is 6.42 Å². The number of halogens is 1. The fraction of sp³-hybridized carbons (Fsp3) is 0.250. The Hall–Kier alpha value is -1.32. The predicted octanol–water partition coefficient (Wildman–Crippen LogP) is 2.28. The van der Waals surface area contributed by atoms with Crippen molar-refractivity contribution in [1.82, 2.24) is 9.55 Å². The number of aryl methyl sites for hydroxylation is 1. The molecule has 84 valence electrons. The van der Waals surface area contributed by atoms with Gasteiger partial charge in [0.25, 0.3) is 0 Å². The zero-order chi connectivity index (χ0) is 11.5. The Morgan fingerprint density at radius 3 is 2.62 bits per heavy atom. The van der Waals surface area contributed by atoms with E-state index in [0.29, 0.717) is 11.4 Å². The van der Waals surface area contributed by atoms with Crippen LogP contribution in [0.5, 0.6) is 0 Å². The summed E-state index contributed by atoms with van der Waals surface area (Å²) >= 11 is 5.83. The molecule has 1 aromatic carbocycles. The molecule has 16 heavy (non-hydrogen) atoms. The molecule has 0 spiro atoms. The lowest BCUT2D eigenvalue weighted by atomic mass is 10.2. The molecule has 0 aliphatic rings. The van der Waals surface area contributed by atoms with Crippen LogP contribution in [0.2, 0.25) is 5.02 Å². The first-order valence-corrected chi connectivity index (χ1v) is 5.47. The Morgan fingerprint density at radius 1 is 1.31 bits per heavy atom. The zero-order valence-corrected chi connectivity index (χ0v) is 9.78.